The molecule has 1 unspecified atom stereocenters. The molecule has 0 aliphatic carbocycles. The maximum Gasteiger partial charge on any atom is 0.312 e. The van der Waals surface area contributed by atoms with Gasteiger partial charge in [-0.2, -0.15) is 0 Å². The highest BCUT2D eigenvalue weighted by atomic mass is 79.9. The van der Waals surface area contributed by atoms with Gasteiger partial charge in [0.1, 0.15) is 0 Å². The van der Waals surface area contributed by atoms with Crippen molar-refractivity contribution in [1.82, 2.24) is 4.98 Å². The Bertz CT molecular complexity index is 536. The Hall–Kier alpha value is -1.33. The number of carboxylic acids is 1. The molecule has 0 amide bonds. The molecule has 0 fully saturated rings. The van der Waals surface area contributed by atoms with Crippen LogP contribution in [0.4, 0.5) is 0 Å². The Morgan fingerprint density at radius 3 is 2.94 bits per heavy atom. The van der Waals surface area contributed by atoms with E-state index in [1.54, 1.807) is 12.3 Å². The number of halogens is 1. The number of carboxylic acid groups (broad SMARTS) is 1. The first-order valence-electron chi connectivity index (χ1n) is 4.83. The Kier molecular flexibility index (Phi) is 2.98. The minimum Gasteiger partial charge on any atom is -0.481 e. The summed E-state index contributed by atoms with van der Waals surface area (Å²) >= 11 is 3.40. The average Bonchev–Trinajstić information content (AvgIpc) is 2.62. The number of fused-ring (bicyclic) bond motifs is 1. The molecule has 0 saturated heterocycles. The third-order valence-electron chi connectivity index (χ3n) is 2.61. The minimum absolute atomic E-state index is 0.0884. The molecule has 4 N–H and O–H groups in total. The molecule has 84 valence electrons. The molecule has 0 spiro atoms. The van der Waals surface area contributed by atoms with Crippen molar-refractivity contribution in [2.75, 3.05) is 6.54 Å². The fourth-order valence-corrected chi connectivity index (χ4v) is 2.24. The van der Waals surface area contributed by atoms with Gasteiger partial charge in [-0.25, -0.2) is 0 Å². The quantitative estimate of drug-likeness (QED) is 0.806. The van der Waals surface area contributed by atoms with Gasteiger partial charge in [0.25, 0.3) is 0 Å². The van der Waals surface area contributed by atoms with E-state index in [1.807, 2.05) is 12.1 Å². The molecule has 2 rings (SSSR count). The number of aliphatic carboxylic acids is 1. The first-order chi connectivity index (χ1) is 7.65. The van der Waals surface area contributed by atoms with Crippen molar-refractivity contribution in [3.63, 3.8) is 0 Å². The summed E-state index contributed by atoms with van der Waals surface area (Å²) in [7, 11) is 0. The number of aromatic nitrogens is 1. The number of nitrogens with one attached hydrogen (secondary N) is 1. The highest BCUT2D eigenvalue weighted by Crippen LogP contribution is 2.29. The van der Waals surface area contributed by atoms with Crippen molar-refractivity contribution >= 4 is 32.8 Å². The summed E-state index contributed by atoms with van der Waals surface area (Å²) in [6.07, 6.45) is 1.80. The summed E-state index contributed by atoms with van der Waals surface area (Å²) in [5.74, 6) is -1.57. The van der Waals surface area contributed by atoms with E-state index in [4.69, 9.17) is 10.8 Å². The lowest BCUT2D eigenvalue weighted by molar-refractivity contribution is -0.138. The van der Waals surface area contributed by atoms with Crippen LogP contribution < -0.4 is 5.73 Å². The van der Waals surface area contributed by atoms with Crippen molar-refractivity contribution in [2.24, 2.45) is 5.73 Å². The molecule has 0 bridgehead atoms. The van der Waals surface area contributed by atoms with E-state index in [0.29, 0.717) is 0 Å². The maximum atomic E-state index is 11.1. The van der Waals surface area contributed by atoms with E-state index in [9.17, 15) is 4.79 Å². The van der Waals surface area contributed by atoms with Crippen molar-refractivity contribution in [2.45, 2.75) is 5.92 Å². The van der Waals surface area contributed by atoms with Gasteiger partial charge in [-0.15, -0.1) is 0 Å². The molecule has 1 aromatic carbocycles. The van der Waals surface area contributed by atoms with E-state index in [2.05, 4.69) is 20.9 Å². The summed E-state index contributed by atoms with van der Waals surface area (Å²) in [6.45, 7) is 0.0884. The smallest absolute Gasteiger partial charge is 0.312 e. The third-order valence-corrected chi connectivity index (χ3v) is 3.26. The lowest BCUT2D eigenvalue weighted by Crippen LogP contribution is -2.21. The largest absolute Gasteiger partial charge is 0.481 e. The molecule has 0 aliphatic rings. The van der Waals surface area contributed by atoms with Gasteiger partial charge in [-0.1, -0.05) is 18.2 Å². The predicted octanol–water partition coefficient (Wildman–Crippen LogP) is 2.06. The lowest BCUT2D eigenvalue weighted by Gasteiger charge is -2.11. The summed E-state index contributed by atoms with van der Waals surface area (Å²) in [6, 6.07) is 5.55. The highest BCUT2D eigenvalue weighted by molar-refractivity contribution is 9.10. The van der Waals surface area contributed by atoms with E-state index < -0.39 is 11.9 Å². The van der Waals surface area contributed by atoms with Crippen LogP contribution in [-0.2, 0) is 4.79 Å². The Morgan fingerprint density at radius 1 is 1.56 bits per heavy atom. The van der Waals surface area contributed by atoms with Crippen LogP contribution in [0.25, 0.3) is 10.9 Å². The average molecular weight is 283 g/mol. The van der Waals surface area contributed by atoms with Crippen LogP contribution in [0.3, 0.4) is 0 Å². The number of benzene rings is 1. The Morgan fingerprint density at radius 2 is 2.31 bits per heavy atom. The van der Waals surface area contributed by atoms with Crippen LogP contribution in [0.15, 0.2) is 28.9 Å². The molecule has 0 saturated carbocycles. The summed E-state index contributed by atoms with van der Waals surface area (Å²) in [5, 5.41) is 10.1. The molecule has 1 atom stereocenters. The molecule has 2 aromatic rings. The predicted molar refractivity (Wildman–Crippen MR) is 65.4 cm³/mol. The Labute approximate surface area is 101 Å². The van der Waals surface area contributed by atoms with E-state index in [0.717, 1.165) is 20.9 Å². The molecule has 1 heterocycles. The van der Waals surface area contributed by atoms with Gasteiger partial charge in [0.15, 0.2) is 0 Å². The molecular weight excluding hydrogens is 272 g/mol. The summed E-state index contributed by atoms with van der Waals surface area (Å²) < 4.78 is 0.922. The molecule has 5 heteroatoms. The van der Waals surface area contributed by atoms with Crippen molar-refractivity contribution < 1.29 is 9.90 Å². The van der Waals surface area contributed by atoms with Crippen LogP contribution >= 0.6 is 15.9 Å². The molecule has 1 aromatic heterocycles. The van der Waals surface area contributed by atoms with E-state index in [1.165, 1.54) is 0 Å². The number of hydrogen-bond donors (Lipinski definition) is 3. The fourth-order valence-electron chi connectivity index (χ4n) is 1.79. The van der Waals surface area contributed by atoms with Crippen LogP contribution in [-0.4, -0.2) is 22.6 Å². The zero-order chi connectivity index (χ0) is 11.7. The Balaban J connectivity index is 2.63. The monoisotopic (exact) mass is 282 g/mol. The van der Waals surface area contributed by atoms with Crippen molar-refractivity contribution in [3.05, 3.63) is 34.4 Å². The molecule has 0 radical (unpaired) electrons. The van der Waals surface area contributed by atoms with Gasteiger partial charge in [0, 0.05) is 22.6 Å². The van der Waals surface area contributed by atoms with Crippen molar-refractivity contribution in [3.8, 4) is 0 Å². The maximum absolute atomic E-state index is 11.1. The third kappa shape index (κ3) is 1.72. The van der Waals surface area contributed by atoms with Crippen molar-refractivity contribution in [1.29, 1.82) is 0 Å². The van der Waals surface area contributed by atoms with Crippen LogP contribution in [0.2, 0.25) is 0 Å². The number of carbonyl (C=O) groups is 1. The normalized spacial score (nSPS) is 12.9. The summed E-state index contributed by atoms with van der Waals surface area (Å²) in [5.41, 5.74) is 7.04. The van der Waals surface area contributed by atoms with Crippen LogP contribution in [0.1, 0.15) is 11.5 Å². The topological polar surface area (TPSA) is 79.1 Å². The van der Waals surface area contributed by atoms with Gasteiger partial charge < -0.3 is 15.8 Å². The zero-order valence-corrected chi connectivity index (χ0v) is 9.99. The van der Waals surface area contributed by atoms with Gasteiger partial charge in [0.2, 0.25) is 0 Å². The molecular formula is C11H11BrN2O2. The number of nitrogens with two attached hydrogens (primary N) is 1. The second-order valence-electron chi connectivity index (χ2n) is 3.53. The zero-order valence-electron chi connectivity index (χ0n) is 8.40. The second kappa shape index (κ2) is 4.27. The molecule has 0 aliphatic heterocycles. The second-order valence-corrected chi connectivity index (χ2v) is 4.39. The fraction of sp³-hybridized carbons (Fsp3) is 0.182. The van der Waals surface area contributed by atoms with Gasteiger partial charge in [-0.05, 0) is 21.5 Å². The molecule has 4 nitrogen and oxygen atoms in total. The van der Waals surface area contributed by atoms with E-state index >= 15 is 0 Å². The SMILES string of the molecule is NCC(C(=O)O)c1cccc2c(Br)c[nH]c12. The van der Waals surface area contributed by atoms with Crippen LogP contribution in [0, 0.1) is 0 Å². The van der Waals surface area contributed by atoms with Gasteiger partial charge in [-0.3, -0.25) is 4.79 Å². The standard InChI is InChI=1S/C11H11BrN2O2/c12-9-5-14-10-6(2-1-3-7(9)10)8(4-13)11(15)16/h1-3,5,8,14H,4,13H2,(H,15,16). The number of rotatable bonds is 3. The van der Waals surface area contributed by atoms with Gasteiger partial charge in [0.05, 0.1) is 11.4 Å². The van der Waals surface area contributed by atoms with E-state index in [-0.39, 0.29) is 6.54 Å². The first-order valence-corrected chi connectivity index (χ1v) is 5.62. The summed E-state index contributed by atoms with van der Waals surface area (Å²) in [4.78, 5) is 14.1. The number of aromatic amines is 1. The van der Waals surface area contributed by atoms with Gasteiger partial charge >= 0.3 is 5.97 Å². The lowest BCUT2D eigenvalue weighted by atomic mass is 9.97. The number of H-pyrrole nitrogens is 1. The highest BCUT2D eigenvalue weighted by Gasteiger charge is 2.21. The number of para-hydroxylation sites is 1. The first kappa shape index (κ1) is 11.2. The minimum atomic E-state index is -0.902. The van der Waals surface area contributed by atoms with Crippen LogP contribution in [0.5, 0.6) is 0 Å². The number of hydrogen-bond acceptors (Lipinski definition) is 2. The molecule has 16 heavy (non-hydrogen) atoms.